The molecule has 0 radical (unpaired) electrons. The van der Waals surface area contributed by atoms with E-state index >= 15 is 0 Å². The topological polar surface area (TPSA) is 61.0 Å². The fourth-order valence-corrected chi connectivity index (χ4v) is 3.04. The lowest BCUT2D eigenvalue weighted by atomic mass is 9.89. The van der Waals surface area contributed by atoms with Crippen molar-refractivity contribution in [3.63, 3.8) is 0 Å². The number of nitrogens with zero attached hydrogens (tertiary/aromatic N) is 2. The Morgan fingerprint density at radius 2 is 1.75 bits per heavy atom. The maximum atomic E-state index is 6.11. The van der Waals surface area contributed by atoms with Gasteiger partial charge < -0.3 is 10.5 Å². The molecule has 0 unspecified atom stereocenters. The molecular weight excluding hydrogens is 250 g/mol. The second kappa shape index (κ2) is 7.02. The van der Waals surface area contributed by atoms with Crippen LogP contribution in [0.15, 0.2) is 0 Å². The number of hydrogen-bond donors (Lipinski definition) is 1. The van der Waals surface area contributed by atoms with Crippen molar-refractivity contribution in [3.05, 3.63) is 16.8 Å². The minimum absolute atomic E-state index is 0.281. The highest BCUT2D eigenvalue weighted by Gasteiger charge is 2.22. The quantitative estimate of drug-likeness (QED) is 0.898. The summed E-state index contributed by atoms with van der Waals surface area (Å²) in [6.45, 7) is 7.03. The molecule has 0 spiro atoms. The molecule has 1 aliphatic rings. The van der Waals surface area contributed by atoms with Gasteiger partial charge in [0, 0.05) is 12.1 Å². The Balaban J connectivity index is 2.19. The number of hydrogen-bond acceptors (Lipinski definition) is 4. The van der Waals surface area contributed by atoms with Gasteiger partial charge in [0.05, 0.1) is 5.69 Å². The molecule has 1 aromatic rings. The van der Waals surface area contributed by atoms with E-state index in [-0.39, 0.29) is 6.10 Å². The van der Waals surface area contributed by atoms with Crippen molar-refractivity contribution in [2.75, 3.05) is 0 Å². The predicted octanol–water partition coefficient (Wildman–Crippen LogP) is 3.02. The van der Waals surface area contributed by atoms with Crippen molar-refractivity contribution in [3.8, 4) is 5.88 Å². The zero-order valence-electron chi connectivity index (χ0n) is 13.0. The summed E-state index contributed by atoms with van der Waals surface area (Å²) < 4.78 is 6.11. The lowest BCUT2D eigenvalue weighted by molar-refractivity contribution is 0.127. The second-order valence-corrected chi connectivity index (χ2v) is 5.82. The molecule has 0 atom stereocenters. The molecule has 0 aliphatic heterocycles. The predicted molar refractivity (Wildman–Crippen MR) is 80.7 cm³/mol. The average molecular weight is 277 g/mol. The van der Waals surface area contributed by atoms with Crippen molar-refractivity contribution in [1.29, 1.82) is 0 Å². The maximum absolute atomic E-state index is 6.11. The van der Waals surface area contributed by atoms with Crippen LogP contribution in [0.4, 0.5) is 0 Å². The van der Waals surface area contributed by atoms with Gasteiger partial charge in [0.15, 0.2) is 0 Å². The Morgan fingerprint density at radius 3 is 2.30 bits per heavy atom. The molecular formula is C16H27N3O. The summed E-state index contributed by atoms with van der Waals surface area (Å²) in [5.41, 5.74) is 9.26. The van der Waals surface area contributed by atoms with Gasteiger partial charge in [0.25, 0.3) is 0 Å². The first-order valence-electron chi connectivity index (χ1n) is 7.93. The summed E-state index contributed by atoms with van der Waals surface area (Å²) in [5, 5.41) is 8.62. The first-order chi connectivity index (χ1) is 9.69. The lowest BCUT2D eigenvalue weighted by Crippen LogP contribution is -2.25. The normalized spacial score (nSPS) is 22.8. The van der Waals surface area contributed by atoms with Crippen molar-refractivity contribution < 1.29 is 4.74 Å². The minimum Gasteiger partial charge on any atom is -0.473 e. The molecule has 1 fully saturated rings. The van der Waals surface area contributed by atoms with Crippen molar-refractivity contribution >= 4 is 0 Å². The third-order valence-corrected chi connectivity index (χ3v) is 4.37. The highest BCUT2D eigenvalue weighted by Crippen LogP contribution is 2.29. The molecule has 4 heteroatoms. The Hall–Kier alpha value is -1.16. The fourth-order valence-electron chi connectivity index (χ4n) is 3.04. The fraction of sp³-hybridized carbons (Fsp3) is 0.750. The first kappa shape index (κ1) is 15.2. The smallest absolute Gasteiger partial charge is 0.238 e. The summed E-state index contributed by atoms with van der Waals surface area (Å²) in [6.07, 6.45) is 6.82. The van der Waals surface area contributed by atoms with Gasteiger partial charge >= 0.3 is 0 Å². The monoisotopic (exact) mass is 277 g/mol. The summed E-state index contributed by atoms with van der Waals surface area (Å²) in [6, 6.07) is 0. The van der Waals surface area contributed by atoms with Crippen LogP contribution in [0.2, 0.25) is 0 Å². The van der Waals surface area contributed by atoms with E-state index in [1.807, 2.05) is 0 Å². The largest absolute Gasteiger partial charge is 0.473 e. The van der Waals surface area contributed by atoms with E-state index in [4.69, 9.17) is 10.5 Å². The van der Waals surface area contributed by atoms with E-state index in [1.54, 1.807) is 0 Å². The third-order valence-electron chi connectivity index (χ3n) is 4.37. The maximum Gasteiger partial charge on any atom is 0.238 e. The molecule has 0 saturated heterocycles. The van der Waals surface area contributed by atoms with Gasteiger partial charge in [0.2, 0.25) is 5.88 Å². The Kier molecular flexibility index (Phi) is 5.35. The molecule has 0 aromatic carbocycles. The van der Waals surface area contributed by atoms with Crippen molar-refractivity contribution in [2.24, 2.45) is 11.7 Å². The van der Waals surface area contributed by atoms with Gasteiger partial charge in [-0.2, -0.15) is 5.10 Å². The molecule has 0 amide bonds. The van der Waals surface area contributed by atoms with Gasteiger partial charge in [0.1, 0.15) is 6.10 Å². The van der Waals surface area contributed by atoms with Crippen LogP contribution >= 0.6 is 0 Å². The van der Waals surface area contributed by atoms with E-state index in [2.05, 4.69) is 31.0 Å². The molecule has 0 bridgehead atoms. The second-order valence-electron chi connectivity index (χ2n) is 5.82. The SMILES string of the molecule is CCc1nnc(OC2CCC(C)CC2)c(CN)c1CC. The Bertz CT molecular complexity index is 440. The van der Waals surface area contributed by atoms with Crippen molar-refractivity contribution in [2.45, 2.75) is 71.9 Å². The van der Waals surface area contributed by atoms with E-state index < -0.39 is 0 Å². The summed E-state index contributed by atoms with van der Waals surface area (Å²) >= 11 is 0. The van der Waals surface area contributed by atoms with Crippen LogP contribution in [0.25, 0.3) is 0 Å². The summed E-state index contributed by atoms with van der Waals surface area (Å²) in [5.74, 6) is 1.49. The zero-order valence-corrected chi connectivity index (χ0v) is 13.0. The number of aromatic nitrogens is 2. The van der Waals surface area contributed by atoms with Crippen LogP contribution in [0.5, 0.6) is 5.88 Å². The first-order valence-corrected chi connectivity index (χ1v) is 7.93. The molecule has 1 aromatic heterocycles. The van der Waals surface area contributed by atoms with Gasteiger partial charge in [-0.1, -0.05) is 20.8 Å². The molecule has 20 heavy (non-hydrogen) atoms. The number of aryl methyl sites for hydroxylation is 1. The van der Waals surface area contributed by atoms with Gasteiger partial charge in [-0.15, -0.1) is 5.10 Å². The van der Waals surface area contributed by atoms with Crippen LogP contribution in [-0.2, 0) is 19.4 Å². The van der Waals surface area contributed by atoms with E-state index in [1.165, 1.54) is 18.4 Å². The van der Waals surface area contributed by atoms with Crippen LogP contribution in [-0.4, -0.2) is 16.3 Å². The Labute approximate surface area is 122 Å². The summed E-state index contributed by atoms with van der Waals surface area (Å²) in [4.78, 5) is 0. The standard InChI is InChI=1S/C16H27N3O/c1-4-13-14(10-17)16(19-18-15(13)5-2)20-12-8-6-11(3)7-9-12/h11-12H,4-10,17H2,1-3H3. The van der Waals surface area contributed by atoms with Gasteiger partial charge in [-0.05, 0) is 50.0 Å². The van der Waals surface area contributed by atoms with Gasteiger partial charge in [-0.25, -0.2) is 0 Å². The molecule has 1 heterocycles. The van der Waals surface area contributed by atoms with Crippen molar-refractivity contribution in [1.82, 2.24) is 10.2 Å². The highest BCUT2D eigenvalue weighted by atomic mass is 16.5. The highest BCUT2D eigenvalue weighted by molar-refractivity contribution is 5.37. The van der Waals surface area contributed by atoms with E-state index in [0.29, 0.717) is 12.4 Å². The molecule has 1 aliphatic carbocycles. The third kappa shape index (κ3) is 3.29. The van der Waals surface area contributed by atoms with Crippen LogP contribution in [0, 0.1) is 5.92 Å². The number of nitrogens with two attached hydrogens (primary N) is 1. The number of rotatable bonds is 5. The molecule has 2 rings (SSSR count). The molecule has 112 valence electrons. The Morgan fingerprint density at radius 1 is 1.05 bits per heavy atom. The summed E-state index contributed by atoms with van der Waals surface area (Å²) in [7, 11) is 0. The van der Waals surface area contributed by atoms with E-state index in [0.717, 1.165) is 42.9 Å². The van der Waals surface area contributed by atoms with Crippen LogP contribution < -0.4 is 10.5 Å². The molecule has 2 N–H and O–H groups in total. The van der Waals surface area contributed by atoms with Crippen LogP contribution in [0.1, 0.15) is 63.3 Å². The molecule has 1 saturated carbocycles. The molecule has 4 nitrogen and oxygen atoms in total. The minimum atomic E-state index is 0.281. The lowest BCUT2D eigenvalue weighted by Gasteiger charge is -2.27. The number of ether oxygens (including phenoxy) is 1. The van der Waals surface area contributed by atoms with E-state index in [9.17, 15) is 0 Å². The average Bonchev–Trinajstić information content (AvgIpc) is 2.48. The van der Waals surface area contributed by atoms with Crippen LogP contribution in [0.3, 0.4) is 0 Å². The van der Waals surface area contributed by atoms with Gasteiger partial charge in [-0.3, -0.25) is 0 Å². The zero-order chi connectivity index (χ0) is 14.5.